The van der Waals surface area contributed by atoms with Crippen molar-refractivity contribution < 1.29 is 14.6 Å². The number of rotatable bonds is 3. The van der Waals surface area contributed by atoms with Crippen LogP contribution in [0.15, 0.2) is 6.07 Å². The minimum absolute atomic E-state index is 0.170. The van der Waals surface area contributed by atoms with Crippen molar-refractivity contribution in [1.82, 2.24) is 0 Å². The molecule has 0 bridgehead atoms. The van der Waals surface area contributed by atoms with E-state index in [1.807, 2.05) is 0 Å². The molecule has 1 atom stereocenters. The van der Waals surface area contributed by atoms with E-state index in [0.29, 0.717) is 0 Å². The molecule has 0 aromatic heterocycles. The highest BCUT2D eigenvalue weighted by Gasteiger charge is 2.27. The number of hydrogen-bond acceptors (Lipinski definition) is 3. The number of fused-ring (bicyclic) bond motifs is 2. The lowest BCUT2D eigenvalue weighted by atomic mass is 9.85. The van der Waals surface area contributed by atoms with Gasteiger partial charge >= 0.3 is 0 Å². The van der Waals surface area contributed by atoms with E-state index < -0.39 is 0 Å². The van der Waals surface area contributed by atoms with Gasteiger partial charge in [0.1, 0.15) is 11.5 Å². The van der Waals surface area contributed by atoms with E-state index in [2.05, 4.69) is 13.0 Å². The lowest BCUT2D eigenvalue weighted by Crippen LogP contribution is -2.19. The molecule has 0 fully saturated rings. The average Bonchev–Trinajstić information content (AvgIpc) is 2.47. The van der Waals surface area contributed by atoms with Crippen molar-refractivity contribution in [3.63, 3.8) is 0 Å². The minimum Gasteiger partial charge on any atom is -0.493 e. The normalized spacial score (nSPS) is 18.8. The van der Waals surface area contributed by atoms with E-state index in [4.69, 9.17) is 9.47 Å². The highest BCUT2D eigenvalue weighted by Crippen LogP contribution is 2.43. The van der Waals surface area contributed by atoms with Crippen molar-refractivity contribution >= 4 is 0 Å². The maximum Gasteiger partial charge on any atom is 0.126 e. The summed E-state index contributed by atoms with van der Waals surface area (Å²) in [6.07, 6.45) is 5.16. The van der Waals surface area contributed by atoms with Gasteiger partial charge in [0, 0.05) is 17.0 Å². The van der Waals surface area contributed by atoms with E-state index in [1.54, 1.807) is 0 Å². The van der Waals surface area contributed by atoms with Crippen molar-refractivity contribution in [3.8, 4) is 11.5 Å². The Morgan fingerprint density at radius 2 is 2.00 bits per heavy atom. The van der Waals surface area contributed by atoms with Crippen LogP contribution in [0.25, 0.3) is 0 Å². The molecular weight excluding hydrogens is 240 g/mol. The molecule has 1 unspecified atom stereocenters. The lowest BCUT2D eigenvalue weighted by Gasteiger charge is -2.30. The first-order valence-electron chi connectivity index (χ1n) is 7.40. The summed E-state index contributed by atoms with van der Waals surface area (Å²) in [7, 11) is 0. The molecule has 0 spiro atoms. The molecule has 104 valence electrons. The smallest absolute Gasteiger partial charge is 0.126 e. The molecule has 1 N–H and O–H groups in total. The van der Waals surface area contributed by atoms with Crippen molar-refractivity contribution in [2.45, 2.75) is 44.9 Å². The van der Waals surface area contributed by atoms with Gasteiger partial charge < -0.3 is 14.6 Å². The Morgan fingerprint density at radius 3 is 2.79 bits per heavy atom. The monoisotopic (exact) mass is 262 g/mol. The Labute approximate surface area is 114 Å². The number of hydrogen-bond donors (Lipinski definition) is 1. The molecule has 1 aromatic rings. The standard InChI is InChI=1S/C16H22O3/c1-2-11(10-17)15-13-6-4-7-18-14(13)9-12-5-3-8-19-16(12)15/h9,11,17H,2-8,10H2,1H3. The third-order valence-corrected chi connectivity index (χ3v) is 4.25. The SMILES string of the molecule is CCC(CO)c1c2c(cc3c1OCCC3)OCCC2. The fourth-order valence-electron chi connectivity index (χ4n) is 3.22. The third-order valence-electron chi connectivity index (χ3n) is 4.25. The van der Waals surface area contributed by atoms with Gasteiger partial charge in [-0.15, -0.1) is 0 Å². The number of aliphatic hydroxyl groups excluding tert-OH is 1. The summed E-state index contributed by atoms with van der Waals surface area (Å²) in [5.41, 5.74) is 3.75. The van der Waals surface area contributed by atoms with E-state index in [1.165, 1.54) is 16.7 Å². The Bertz CT molecular complexity index is 429. The summed E-state index contributed by atoms with van der Waals surface area (Å²) in [5, 5.41) is 9.69. The molecule has 0 saturated heterocycles. The van der Waals surface area contributed by atoms with Gasteiger partial charge in [-0.3, -0.25) is 0 Å². The molecule has 0 amide bonds. The third kappa shape index (κ3) is 2.20. The molecule has 0 radical (unpaired) electrons. The number of ether oxygens (including phenoxy) is 2. The van der Waals surface area contributed by atoms with E-state index in [0.717, 1.165) is 56.8 Å². The summed E-state index contributed by atoms with van der Waals surface area (Å²) in [4.78, 5) is 0. The molecule has 2 aliphatic heterocycles. The summed E-state index contributed by atoms with van der Waals surface area (Å²) in [5.74, 6) is 2.23. The van der Waals surface area contributed by atoms with Crippen LogP contribution in [0.5, 0.6) is 11.5 Å². The zero-order valence-corrected chi connectivity index (χ0v) is 11.6. The number of aliphatic hydroxyl groups is 1. The molecule has 0 saturated carbocycles. The topological polar surface area (TPSA) is 38.7 Å². The van der Waals surface area contributed by atoms with Crippen LogP contribution in [0.2, 0.25) is 0 Å². The average molecular weight is 262 g/mol. The second-order valence-corrected chi connectivity index (χ2v) is 5.45. The van der Waals surface area contributed by atoms with Crippen molar-refractivity contribution in [2.24, 2.45) is 0 Å². The van der Waals surface area contributed by atoms with Gasteiger partial charge in [-0.05, 0) is 43.7 Å². The molecular formula is C16H22O3. The Balaban J connectivity index is 2.16. The summed E-state index contributed by atoms with van der Waals surface area (Å²) in [6, 6.07) is 2.16. The molecule has 3 heteroatoms. The van der Waals surface area contributed by atoms with Crippen LogP contribution in [0.4, 0.5) is 0 Å². The molecule has 3 nitrogen and oxygen atoms in total. The van der Waals surface area contributed by atoms with Crippen LogP contribution in [0.3, 0.4) is 0 Å². The highest BCUT2D eigenvalue weighted by atomic mass is 16.5. The van der Waals surface area contributed by atoms with Gasteiger partial charge in [-0.1, -0.05) is 6.92 Å². The Kier molecular flexibility index (Phi) is 3.65. The molecule has 19 heavy (non-hydrogen) atoms. The molecule has 2 heterocycles. The molecule has 0 aliphatic carbocycles. The van der Waals surface area contributed by atoms with Crippen LogP contribution in [0.1, 0.15) is 48.8 Å². The molecule has 2 aliphatic rings. The largest absolute Gasteiger partial charge is 0.493 e. The van der Waals surface area contributed by atoms with Gasteiger partial charge in [0.15, 0.2) is 0 Å². The zero-order valence-electron chi connectivity index (χ0n) is 11.6. The predicted molar refractivity (Wildman–Crippen MR) is 74.2 cm³/mol. The lowest BCUT2D eigenvalue weighted by molar-refractivity contribution is 0.241. The van der Waals surface area contributed by atoms with E-state index in [-0.39, 0.29) is 12.5 Å². The van der Waals surface area contributed by atoms with Crippen LogP contribution in [-0.2, 0) is 12.8 Å². The van der Waals surface area contributed by atoms with Crippen molar-refractivity contribution in [1.29, 1.82) is 0 Å². The zero-order chi connectivity index (χ0) is 13.2. The van der Waals surface area contributed by atoms with Gasteiger partial charge in [0.25, 0.3) is 0 Å². The van der Waals surface area contributed by atoms with Gasteiger partial charge in [-0.25, -0.2) is 0 Å². The fraction of sp³-hybridized carbons (Fsp3) is 0.625. The second-order valence-electron chi connectivity index (χ2n) is 5.45. The van der Waals surface area contributed by atoms with Crippen LogP contribution < -0.4 is 9.47 Å². The van der Waals surface area contributed by atoms with Gasteiger partial charge in [-0.2, -0.15) is 0 Å². The first-order chi connectivity index (χ1) is 9.35. The van der Waals surface area contributed by atoms with E-state index >= 15 is 0 Å². The van der Waals surface area contributed by atoms with Crippen LogP contribution in [-0.4, -0.2) is 24.9 Å². The highest BCUT2D eigenvalue weighted by molar-refractivity contribution is 5.56. The van der Waals surface area contributed by atoms with Crippen LogP contribution >= 0.6 is 0 Å². The maximum atomic E-state index is 9.69. The summed E-state index contributed by atoms with van der Waals surface area (Å²) in [6.45, 7) is 3.91. The summed E-state index contributed by atoms with van der Waals surface area (Å²) < 4.78 is 11.8. The summed E-state index contributed by atoms with van der Waals surface area (Å²) >= 11 is 0. The molecule has 1 aromatic carbocycles. The first-order valence-corrected chi connectivity index (χ1v) is 7.40. The fourth-order valence-corrected chi connectivity index (χ4v) is 3.22. The Morgan fingerprint density at radius 1 is 1.21 bits per heavy atom. The minimum atomic E-state index is 0.170. The number of aryl methyl sites for hydroxylation is 1. The number of benzene rings is 1. The molecule has 3 rings (SSSR count). The van der Waals surface area contributed by atoms with Gasteiger partial charge in [0.05, 0.1) is 19.8 Å². The van der Waals surface area contributed by atoms with Crippen molar-refractivity contribution in [2.75, 3.05) is 19.8 Å². The van der Waals surface area contributed by atoms with Gasteiger partial charge in [0.2, 0.25) is 0 Å². The predicted octanol–water partition coefficient (Wildman–Crippen LogP) is 2.82. The van der Waals surface area contributed by atoms with Crippen molar-refractivity contribution in [3.05, 3.63) is 22.8 Å². The van der Waals surface area contributed by atoms with Crippen LogP contribution in [0, 0.1) is 0 Å². The first kappa shape index (κ1) is 12.8. The maximum absolute atomic E-state index is 9.69. The Hall–Kier alpha value is -1.22. The quantitative estimate of drug-likeness (QED) is 0.910. The van der Waals surface area contributed by atoms with E-state index in [9.17, 15) is 5.11 Å². The second kappa shape index (κ2) is 5.41.